The summed E-state index contributed by atoms with van der Waals surface area (Å²) in [6.45, 7) is 2.08. The summed E-state index contributed by atoms with van der Waals surface area (Å²) in [5, 5.41) is 3.74. The molecule has 22 heavy (non-hydrogen) atoms. The van der Waals surface area contributed by atoms with Gasteiger partial charge < -0.3 is 19.7 Å². The molecule has 2 rings (SSSR count). The first-order chi connectivity index (χ1) is 10.6. The van der Waals surface area contributed by atoms with Crippen molar-refractivity contribution in [2.45, 2.75) is 11.8 Å². The Morgan fingerprint density at radius 1 is 1.41 bits per heavy atom. The van der Waals surface area contributed by atoms with Crippen molar-refractivity contribution in [3.63, 3.8) is 0 Å². The highest BCUT2D eigenvalue weighted by atomic mass is 32.2. The van der Waals surface area contributed by atoms with E-state index in [0.29, 0.717) is 18.2 Å². The van der Waals surface area contributed by atoms with Crippen LogP contribution in [0.3, 0.4) is 0 Å². The third-order valence-electron chi connectivity index (χ3n) is 3.42. The molecule has 0 saturated carbocycles. The highest BCUT2D eigenvalue weighted by molar-refractivity contribution is 8.00. The number of rotatable bonds is 4. The maximum atomic E-state index is 11.6. The largest absolute Gasteiger partial charge is 0.497 e. The average Bonchev–Trinajstić information content (AvgIpc) is 2.59. The number of nitrogens with zero attached hydrogens (tertiary/aromatic N) is 1. The Balaban J connectivity index is 1.84. The minimum absolute atomic E-state index is 0.167. The summed E-state index contributed by atoms with van der Waals surface area (Å²) in [5.41, 5.74) is 1.12. The average molecular weight is 340 g/mol. The van der Waals surface area contributed by atoms with Crippen molar-refractivity contribution >= 4 is 35.1 Å². The molecule has 120 valence electrons. The molecule has 1 heterocycles. The number of ether oxygens (including phenoxy) is 2. The highest BCUT2D eigenvalue weighted by Gasteiger charge is 2.28. The zero-order valence-electron chi connectivity index (χ0n) is 12.7. The van der Waals surface area contributed by atoms with Crippen molar-refractivity contribution in [1.29, 1.82) is 0 Å². The maximum absolute atomic E-state index is 11.6. The van der Waals surface area contributed by atoms with Gasteiger partial charge in [0, 0.05) is 25.4 Å². The van der Waals surface area contributed by atoms with Crippen LogP contribution in [0, 0.1) is 0 Å². The molecule has 0 radical (unpaired) electrons. The second-order valence-corrected chi connectivity index (χ2v) is 6.53. The molecule has 1 saturated heterocycles. The normalized spacial score (nSPS) is 17.7. The van der Waals surface area contributed by atoms with Crippen LogP contribution in [0.1, 0.15) is 5.56 Å². The lowest BCUT2D eigenvalue weighted by Crippen LogP contribution is -2.48. The summed E-state index contributed by atoms with van der Waals surface area (Å²) in [5.74, 6) is 1.51. The number of carbonyl (C=O) groups is 1. The van der Waals surface area contributed by atoms with E-state index in [1.54, 1.807) is 18.9 Å². The smallest absolute Gasteiger partial charge is 0.320 e. The summed E-state index contributed by atoms with van der Waals surface area (Å²) >= 11 is 7.04. The van der Waals surface area contributed by atoms with E-state index in [1.165, 1.54) is 7.11 Å². The number of hydrogen-bond donors (Lipinski definition) is 1. The van der Waals surface area contributed by atoms with Gasteiger partial charge in [-0.3, -0.25) is 4.79 Å². The molecule has 1 aromatic rings. The maximum Gasteiger partial charge on any atom is 0.320 e. The van der Waals surface area contributed by atoms with Crippen LogP contribution in [-0.2, 0) is 16.1 Å². The molecule has 5 nitrogen and oxygen atoms in total. The third kappa shape index (κ3) is 4.51. The van der Waals surface area contributed by atoms with Crippen molar-refractivity contribution in [2.24, 2.45) is 0 Å². The van der Waals surface area contributed by atoms with E-state index in [0.717, 1.165) is 23.6 Å². The molecule has 1 N–H and O–H groups in total. The molecule has 0 amide bonds. The van der Waals surface area contributed by atoms with E-state index in [9.17, 15) is 4.79 Å². The molecule has 7 heteroatoms. The lowest BCUT2D eigenvalue weighted by molar-refractivity contribution is -0.140. The molecule has 1 aliphatic rings. The summed E-state index contributed by atoms with van der Waals surface area (Å²) in [6.07, 6.45) is 0. The van der Waals surface area contributed by atoms with Crippen LogP contribution < -0.4 is 10.1 Å². The molecule has 1 aromatic carbocycles. The molecule has 1 fully saturated rings. The van der Waals surface area contributed by atoms with Crippen molar-refractivity contribution in [1.82, 2.24) is 10.2 Å². The van der Waals surface area contributed by atoms with Crippen molar-refractivity contribution in [3.8, 4) is 5.75 Å². The first-order valence-corrected chi connectivity index (χ1v) is 8.45. The summed E-state index contributed by atoms with van der Waals surface area (Å²) in [6, 6.07) is 7.84. The number of esters is 1. The minimum Gasteiger partial charge on any atom is -0.497 e. The zero-order chi connectivity index (χ0) is 15.9. The summed E-state index contributed by atoms with van der Waals surface area (Å²) in [7, 11) is 3.07. The van der Waals surface area contributed by atoms with E-state index < -0.39 is 0 Å². The molecule has 0 spiro atoms. The standard InChI is InChI=1S/C15H20N2O3S2/c1-19-12-5-3-11(4-6-12)9-16-15(21)17-7-8-22-13(10-17)14(18)20-2/h3-6,13H,7-10H2,1-2H3,(H,16,21)/t13-/m1/s1. The van der Waals surface area contributed by atoms with Gasteiger partial charge in [0.05, 0.1) is 14.2 Å². The van der Waals surface area contributed by atoms with E-state index in [2.05, 4.69) is 5.32 Å². The molecule has 0 unspecified atom stereocenters. The van der Waals surface area contributed by atoms with Crippen LogP contribution in [0.4, 0.5) is 0 Å². The fourth-order valence-electron chi connectivity index (χ4n) is 2.14. The van der Waals surface area contributed by atoms with E-state index in [-0.39, 0.29) is 11.2 Å². The van der Waals surface area contributed by atoms with E-state index in [4.69, 9.17) is 21.7 Å². The van der Waals surface area contributed by atoms with Crippen molar-refractivity contribution < 1.29 is 14.3 Å². The quantitative estimate of drug-likeness (QED) is 0.661. The summed E-state index contributed by atoms with van der Waals surface area (Å²) < 4.78 is 9.94. The number of hydrogen-bond acceptors (Lipinski definition) is 5. The molecule has 0 aromatic heterocycles. The second kappa shape index (κ2) is 8.24. The van der Waals surface area contributed by atoms with Gasteiger partial charge in [-0.15, -0.1) is 11.8 Å². The molecular weight excluding hydrogens is 320 g/mol. The Bertz CT molecular complexity index is 522. The Hall–Kier alpha value is -1.47. The molecule has 0 bridgehead atoms. The lowest BCUT2D eigenvalue weighted by atomic mass is 10.2. The number of carbonyl (C=O) groups excluding carboxylic acids is 1. The van der Waals surface area contributed by atoms with Crippen LogP contribution in [-0.4, -0.2) is 54.3 Å². The topological polar surface area (TPSA) is 50.8 Å². The number of thiocarbonyl (C=S) groups is 1. The third-order valence-corrected chi connectivity index (χ3v) is 4.99. The summed E-state index contributed by atoms with van der Waals surface area (Å²) in [4.78, 5) is 13.7. The van der Waals surface area contributed by atoms with Crippen LogP contribution in [0.5, 0.6) is 5.75 Å². The fraction of sp³-hybridized carbons (Fsp3) is 0.467. The van der Waals surface area contributed by atoms with Crippen LogP contribution in [0.2, 0.25) is 0 Å². The van der Waals surface area contributed by atoms with Gasteiger partial charge >= 0.3 is 5.97 Å². The molecule has 1 atom stereocenters. The Morgan fingerprint density at radius 3 is 2.77 bits per heavy atom. The van der Waals surface area contributed by atoms with Crippen LogP contribution in [0.25, 0.3) is 0 Å². The zero-order valence-corrected chi connectivity index (χ0v) is 14.3. The van der Waals surface area contributed by atoms with Gasteiger partial charge in [0.1, 0.15) is 11.0 Å². The van der Waals surface area contributed by atoms with Crippen molar-refractivity contribution in [3.05, 3.63) is 29.8 Å². The second-order valence-electron chi connectivity index (χ2n) is 4.84. The Labute approximate surface area is 140 Å². The van der Waals surface area contributed by atoms with Gasteiger partial charge in [-0.25, -0.2) is 0 Å². The minimum atomic E-state index is -0.187. The van der Waals surface area contributed by atoms with Crippen LogP contribution in [0.15, 0.2) is 24.3 Å². The van der Waals surface area contributed by atoms with Gasteiger partial charge in [0.2, 0.25) is 0 Å². The van der Waals surface area contributed by atoms with Gasteiger partial charge in [-0.05, 0) is 29.9 Å². The lowest BCUT2D eigenvalue weighted by Gasteiger charge is -2.33. The number of benzene rings is 1. The van der Waals surface area contributed by atoms with Gasteiger partial charge in [0.15, 0.2) is 5.11 Å². The first kappa shape index (κ1) is 16.9. The predicted molar refractivity (Wildman–Crippen MR) is 92.3 cm³/mol. The molecular formula is C15H20N2O3S2. The SMILES string of the molecule is COC(=O)[C@H]1CN(C(=S)NCc2ccc(OC)cc2)CCS1. The number of methoxy groups -OCH3 is 2. The van der Waals surface area contributed by atoms with Gasteiger partial charge in [0.25, 0.3) is 0 Å². The van der Waals surface area contributed by atoms with Crippen LogP contribution >= 0.6 is 24.0 Å². The number of nitrogens with one attached hydrogen (secondary N) is 1. The fourth-order valence-corrected chi connectivity index (χ4v) is 3.51. The van der Waals surface area contributed by atoms with E-state index >= 15 is 0 Å². The highest BCUT2D eigenvalue weighted by Crippen LogP contribution is 2.20. The predicted octanol–water partition coefficient (Wildman–Crippen LogP) is 1.66. The van der Waals surface area contributed by atoms with Gasteiger partial charge in [-0.2, -0.15) is 0 Å². The number of thioether (sulfide) groups is 1. The molecule has 0 aliphatic carbocycles. The van der Waals surface area contributed by atoms with E-state index in [1.807, 2.05) is 29.2 Å². The monoisotopic (exact) mass is 340 g/mol. The van der Waals surface area contributed by atoms with Gasteiger partial charge in [-0.1, -0.05) is 12.1 Å². The molecule has 1 aliphatic heterocycles. The van der Waals surface area contributed by atoms with Crippen molar-refractivity contribution in [2.75, 3.05) is 33.1 Å². The Morgan fingerprint density at radius 2 is 2.14 bits per heavy atom. The first-order valence-electron chi connectivity index (χ1n) is 6.99. The Kier molecular flexibility index (Phi) is 6.33.